The highest BCUT2D eigenvalue weighted by Gasteiger charge is 2.36. The molecule has 0 bridgehead atoms. The van der Waals surface area contributed by atoms with E-state index in [2.05, 4.69) is 11.8 Å². The van der Waals surface area contributed by atoms with Gasteiger partial charge in [0.15, 0.2) is 0 Å². The largest absolute Gasteiger partial charge is 0.339 e. The molecule has 2 aliphatic rings. The van der Waals surface area contributed by atoms with E-state index in [4.69, 9.17) is 5.73 Å². The van der Waals surface area contributed by atoms with Gasteiger partial charge in [0.25, 0.3) is 0 Å². The van der Waals surface area contributed by atoms with E-state index in [-0.39, 0.29) is 5.92 Å². The lowest BCUT2D eigenvalue weighted by molar-refractivity contribution is -0.141. The third kappa shape index (κ3) is 3.05. The van der Waals surface area contributed by atoms with Crippen LogP contribution in [0, 0.1) is 11.8 Å². The van der Waals surface area contributed by atoms with E-state index in [0.29, 0.717) is 18.5 Å². The van der Waals surface area contributed by atoms with Crippen molar-refractivity contribution < 1.29 is 4.79 Å². The molecular formula is C15H28N2O. The van der Waals surface area contributed by atoms with Crippen LogP contribution in [0.3, 0.4) is 0 Å². The molecule has 1 amide bonds. The second-order valence-corrected chi connectivity index (χ2v) is 6.12. The molecule has 3 heteroatoms. The predicted octanol–water partition coefficient (Wildman–Crippen LogP) is 2.54. The Morgan fingerprint density at radius 3 is 2.78 bits per heavy atom. The summed E-state index contributed by atoms with van der Waals surface area (Å²) in [5, 5.41) is 0. The summed E-state index contributed by atoms with van der Waals surface area (Å²) in [7, 11) is 0. The zero-order valence-corrected chi connectivity index (χ0v) is 11.7. The third-order valence-corrected chi connectivity index (χ3v) is 4.79. The molecule has 0 aromatic carbocycles. The van der Waals surface area contributed by atoms with Crippen LogP contribution in [0.2, 0.25) is 0 Å². The lowest BCUT2D eigenvalue weighted by Gasteiger charge is -2.45. The SMILES string of the molecule is CC(CCCN)C(=O)N1CCC[C@H]2CCCC[C@H]21. The van der Waals surface area contributed by atoms with Crippen LogP contribution < -0.4 is 5.73 Å². The fourth-order valence-corrected chi connectivity index (χ4v) is 3.73. The number of nitrogens with zero attached hydrogens (tertiary/aromatic N) is 1. The lowest BCUT2D eigenvalue weighted by atomic mass is 9.78. The van der Waals surface area contributed by atoms with Crippen molar-refractivity contribution in [3.05, 3.63) is 0 Å². The summed E-state index contributed by atoms with van der Waals surface area (Å²) in [6.45, 7) is 3.76. The van der Waals surface area contributed by atoms with Gasteiger partial charge >= 0.3 is 0 Å². The van der Waals surface area contributed by atoms with E-state index in [0.717, 1.165) is 25.3 Å². The normalized spacial score (nSPS) is 29.8. The van der Waals surface area contributed by atoms with E-state index in [1.165, 1.54) is 38.5 Å². The Morgan fingerprint density at radius 2 is 2.00 bits per heavy atom. The highest BCUT2D eigenvalue weighted by molar-refractivity contribution is 5.79. The maximum Gasteiger partial charge on any atom is 0.225 e. The van der Waals surface area contributed by atoms with Crippen LogP contribution in [-0.4, -0.2) is 29.9 Å². The Kier molecular flexibility index (Phi) is 5.04. The second kappa shape index (κ2) is 6.55. The van der Waals surface area contributed by atoms with Crippen LogP contribution in [0.5, 0.6) is 0 Å². The Labute approximate surface area is 111 Å². The molecule has 1 heterocycles. The summed E-state index contributed by atoms with van der Waals surface area (Å²) in [6.07, 6.45) is 9.71. The van der Waals surface area contributed by atoms with Gasteiger partial charge in [0.05, 0.1) is 0 Å². The Bertz CT molecular complexity index is 278. The van der Waals surface area contributed by atoms with Gasteiger partial charge in [-0.1, -0.05) is 19.8 Å². The fourth-order valence-electron chi connectivity index (χ4n) is 3.73. The monoisotopic (exact) mass is 252 g/mol. The van der Waals surface area contributed by atoms with Crippen LogP contribution in [0.1, 0.15) is 58.3 Å². The van der Waals surface area contributed by atoms with Gasteiger partial charge in [-0.2, -0.15) is 0 Å². The number of rotatable bonds is 4. The van der Waals surface area contributed by atoms with Gasteiger partial charge in [-0.05, 0) is 51.0 Å². The number of carbonyl (C=O) groups excluding carboxylic acids is 1. The van der Waals surface area contributed by atoms with Gasteiger partial charge in [0.1, 0.15) is 0 Å². The first-order valence-corrected chi connectivity index (χ1v) is 7.74. The summed E-state index contributed by atoms with van der Waals surface area (Å²) >= 11 is 0. The molecule has 2 rings (SSSR count). The minimum atomic E-state index is 0.161. The molecule has 3 atom stereocenters. The lowest BCUT2D eigenvalue weighted by Crippen LogP contribution is -2.51. The van der Waals surface area contributed by atoms with Crippen molar-refractivity contribution in [3.8, 4) is 0 Å². The summed E-state index contributed by atoms with van der Waals surface area (Å²) < 4.78 is 0. The average molecular weight is 252 g/mol. The zero-order valence-electron chi connectivity index (χ0n) is 11.7. The molecule has 2 fully saturated rings. The number of likely N-dealkylation sites (tertiary alicyclic amines) is 1. The Morgan fingerprint density at radius 1 is 1.28 bits per heavy atom. The number of piperidine rings is 1. The van der Waals surface area contributed by atoms with E-state index < -0.39 is 0 Å². The zero-order chi connectivity index (χ0) is 13.0. The smallest absolute Gasteiger partial charge is 0.225 e. The number of fused-ring (bicyclic) bond motifs is 1. The summed E-state index contributed by atoms with van der Waals surface area (Å²) in [5.41, 5.74) is 5.54. The van der Waals surface area contributed by atoms with E-state index >= 15 is 0 Å². The van der Waals surface area contributed by atoms with Gasteiger partial charge in [0, 0.05) is 18.5 Å². The number of nitrogens with two attached hydrogens (primary N) is 1. The number of hydrogen-bond donors (Lipinski definition) is 1. The van der Waals surface area contributed by atoms with Crippen molar-refractivity contribution >= 4 is 5.91 Å². The molecular weight excluding hydrogens is 224 g/mol. The number of amides is 1. The van der Waals surface area contributed by atoms with Crippen molar-refractivity contribution in [3.63, 3.8) is 0 Å². The molecule has 1 aliphatic heterocycles. The topological polar surface area (TPSA) is 46.3 Å². The third-order valence-electron chi connectivity index (χ3n) is 4.79. The molecule has 1 saturated heterocycles. The van der Waals surface area contributed by atoms with Crippen LogP contribution in [0.15, 0.2) is 0 Å². The van der Waals surface area contributed by atoms with E-state index in [1.54, 1.807) is 0 Å². The quantitative estimate of drug-likeness (QED) is 0.835. The Balaban J connectivity index is 1.95. The van der Waals surface area contributed by atoms with Crippen molar-refractivity contribution in [2.75, 3.05) is 13.1 Å². The average Bonchev–Trinajstić information content (AvgIpc) is 2.43. The number of carbonyl (C=O) groups is 1. The fraction of sp³-hybridized carbons (Fsp3) is 0.933. The molecule has 0 spiro atoms. The highest BCUT2D eigenvalue weighted by Crippen LogP contribution is 2.36. The molecule has 0 aromatic heterocycles. The van der Waals surface area contributed by atoms with Crippen LogP contribution >= 0.6 is 0 Å². The first-order chi connectivity index (χ1) is 8.74. The second-order valence-electron chi connectivity index (χ2n) is 6.12. The molecule has 18 heavy (non-hydrogen) atoms. The maximum absolute atomic E-state index is 12.5. The molecule has 1 unspecified atom stereocenters. The number of hydrogen-bond acceptors (Lipinski definition) is 2. The minimum Gasteiger partial charge on any atom is -0.339 e. The van der Waals surface area contributed by atoms with Gasteiger partial charge in [-0.25, -0.2) is 0 Å². The molecule has 0 aromatic rings. The summed E-state index contributed by atoms with van der Waals surface area (Å²) in [5.74, 6) is 1.34. The van der Waals surface area contributed by atoms with Gasteiger partial charge < -0.3 is 10.6 Å². The van der Waals surface area contributed by atoms with E-state index in [9.17, 15) is 4.79 Å². The first-order valence-electron chi connectivity index (χ1n) is 7.74. The molecule has 104 valence electrons. The molecule has 2 N–H and O–H groups in total. The molecule has 0 radical (unpaired) electrons. The maximum atomic E-state index is 12.5. The van der Waals surface area contributed by atoms with Gasteiger partial charge in [0.2, 0.25) is 5.91 Å². The minimum absolute atomic E-state index is 0.161. The van der Waals surface area contributed by atoms with Crippen molar-refractivity contribution in [1.82, 2.24) is 4.90 Å². The highest BCUT2D eigenvalue weighted by atomic mass is 16.2. The van der Waals surface area contributed by atoms with Crippen LogP contribution in [0.4, 0.5) is 0 Å². The van der Waals surface area contributed by atoms with Gasteiger partial charge in [-0.3, -0.25) is 4.79 Å². The van der Waals surface area contributed by atoms with Gasteiger partial charge in [-0.15, -0.1) is 0 Å². The summed E-state index contributed by atoms with van der Waals surface area (Å²) in [6, 6.07) is 0.556. The predicted molar refractivity (Wildman–Crippen MR) is 74.1 cm³/mol. The molecule has 1 saturated carbocycles. The van der Waals surface area contributed by atoms with Crippen molar-refractivity contribution in [2.24, 2.45) is 17.6 Å². The van der Waals surface area contributed by atoms with Crippen LogP contribution in [0.25, 0.3) is 0 Å². The first kappa shape index (κ1) is 13.9. The van der Waals surface area contributed by atoms with Crippen molar-refractivity contribution in [2.45, 2.75) is 64.3 Å². The van der Waals surface area contributed by atoms with E-state index in [1.807, 2.05) is 0 Å². The standard InChI is InChI=1S/C15H28N2O/c1-12(6-4-10-16)15(18)17-11-5-8-13-7-2-3-9-14(13)17/h12-14H,2-11,16H2,1H3/t12?,13-,14-/m1/s1. The van der Waals surface area contributed by atoms with Crippen molar-refractivity contribution in [1.29, 1.82) is 0 Å². The Hall–Kier alpha value is -0.570. The van der Waals surface area contributed by atoms with Crippen LogP contribution in [-0.2, 0) is 4.79 Å². The molecule has 1 aliphatic carbocycles. The summed E-state index contributed by atoms with van der Waals surface area (Å²) in [4.78, 5) is 14.8. The molecule has 3 nitrogen and oxygen atoms in total.